The molecule has 2 atom stereocenters. The van der Waals surface area contributed by atoms with Gasteiger partial charge in [-0.2, -0.15) is 0 Å². The molecule has 12 heavy (non-hydrogen) atoms. The smallest absolute Gasteiger partial charge is 0.172 e. The second-order valence-corrected chi connectivity index (χ2v) is 4.82. The Labute approximate surface area is 83.9 Å². The highest BCUT2D eigenvalue weighted by molar-refractivity contribution is 9.10. The van der Waals surface area contributed by atoms with Gasteiger partial charge in [-0.15, -0.1) is 0 Å². The number of halogens is 3. The van der Waals surface area contributed by atoms with Crippen LogP contribution in [0.25, 0.3) is 0 Å². The third-order valence-corrected chi connectivity index (χ3v) is 3.23. The highest BCUT2D eigenvalue weighted by Gasteiger charge is 2.54. The van der Waals surface area contributed by atoms with Crippen molar-refractivity contribution in [2.24, 2.45) is 0 Å². The van der Waals surface area contributed by atoms with Crippen LogP contribution in [0.2, 0.25) is 5.02 Å². The van der Waals surface area contributed by atoms with Crippen LogP contribution in [-0.4, -0.2) is 4.58 Å². The molecule has 1 fully saturated rings. The summed E-state index contributed by atoms with van der Waals surface area (Å²) in [6.07, 6.45) is 0.564. The van der Waals surface area contributed by atoms with E-state index in [4.69, 9.17) is 11.6 Å². The monoisotopic (exact) mass is 248 g/mol. The van der Waals surface area contributed by atoms with Crippen LogP contribution >= 0.6 is 27.5 Å². The van der Waals surface area contributed by atoms with Crippen molar-refractivity contribution >= 4 is 27.5 Å². The normalized spacial score (nSPS) is 33.4. The van der Waals surface area contributed by atoms with Crippen LogP contribution in [0.15, 0.2) is 24.3 Å². The van der Waals surface area contributed by atoms with Gasteiger partial charge in [0, 0.05) is 17.4 Å². The van der Waals surface area contributed by atoms with Gasteiger partial charge in [0.1, 0.15) is 0 Å². The summed E-state index contributed by atoms with van der Waals surface area (Å²) in [5.74, 6) is 0.00904. The molecule has 2 rings (SSSR count). The molecular formula is C9H7BrClF. The van der Waals surface area contributed by atoms with Gasteiger partial charge in [0.25, 0.3) is 0 Å². The summed E-state index contributed by atoms with van der Waals surface area (Å²) in [5, 5.41) is 0.693. The van der Waals surface area contributed by atoms with E-state index < -0.39 is 4.58 Å². The molecule has 3 heteroatoms. The fraction of sp³-hybridized carbons (Fsp3) is 0.333. The molecule has 1 aliphatic rings. The average Bonchev–Trinajstić information content (AvgIpc) is 2.61. The molecule has 0 N–H and O–H groups in total. The summed E-state index contributed by atoms with van der Waals surface area (Å²) in [7, 11) is 0. The lowest BCUT2D eigenvalue weighted by atomic mass is 10.1. The molecule has 64 valence electrons. The van der Waals surface area contributed by atoms with E-state index in [1.807, 2.05) is 12.1 Å². The van der Waals surface area contributed by atoms with Gasteiger partial charge >= 0.3 is 0 Å². The molecule has 0 aromatic heterocycles. The van der Waals surface area contributed by atoms with E-state index in [-0.39, 0.29) is 5.92 Å². The molecule has 1 aromatic rings. The molecular weight excluding hydrogens is 242 g/mol. The van der Waals surface area contributed by atoms with Gasteiger partial charge in [-0.1, -0.05) is 23.7 Å². The van der Waals surface area contributed by atoms with Crippen molar-refractivity contribution in [3.05, 3.63) is 34.9 Å². The standard InChI is InChI=1S/C9H7BrClF/c10-9(12)5-8(9)6-1-3-7(11)4-2-6/h1-4,8H,5H2. The molecule has 0 aliphatic heterocycles. The van der Waals surface area contributed by atoms with E-state index in [1.165, 1.54) is 0 Å². The summed E-state index contributed by atoms with van der Waals surface area (Å²) < 4.78 is 12.0. The predicted octanol–water partition coefficient (Wildman–Crippen LogP) is 3.89. The SMILES string of the molecule is FC1(Br)CC1c1ccc(Cl)cc1. The Morgan fingerprint density at radius 1 is 1.42 bits per heavy atom. The van der Waals surface area contributed by atoms with Crippen molar-refractivity contribution in [1.29, 1.82) is 0 Å². The minimum absolute atomic E-state index is 0.00904. The molecule has 0 amide bonds. The van der Waals surface area contributed by atoms with E-state index in [0.29, 0.717) is 11.4 Å². The zero-order chi connectivity index (χ0) is 8.77. The molecule has 0 heterocycles. The van der Waals surface area contributed by atoms with Crippen molar-refractivity contribution in [2.75, 3.05) is 0 Å². The highest BCUT2D eigenvalue weighted by Crippen LogP contribution is 2.58. The van der Waals surface area contributed by atoms with Crippen molar-refractivity contribution in [2.45, 2.75) is 16.9 Å². The average molecular weight is 250 g/mol. The number of hydrogen-bond donors (Lipinski definition) is 0. The lowest BCUT2D eigenvalue weighted by molar-refractivity contribution is 0.436. The van der Waals surface area contributed by atoms with E-state index in [9.17, 15) is 4.39 Å². The van der Waals surface area contributed by atoms with Crippen molar-refractivity contribution in [3.8, 4) is 0 Å². The van der Waals surface area contributed by atoms with Crippen LogP contribution in [0, 0.1) is 0 Å². The lowest BCUT2D eigenvalue weighted by Crippen LogP contribution is -1.89. The Balaban J connectivity index is 2.21. The fourth-order valence-electron chi connectivity index (χ4n) is 1.27. The molecule has 0 nitrogen and oxygen atoms in total. The molecule has 1 aliphatic carbocycles. The molecule has 0 radical (unpaired) electrons. The second-order valence-electron chi connectivity index (χ2n) is 3.07. The number of alkyl halides is 2. The lowest BCUT2D eigenvalue weighted by Gasteiger charge is -1.99. The zero-order valence-electron chi connectivity index (χ0n) is 6.23. The van der Waals surface area contributed by atoms with E-state index in [1.54, 1.807) is 12.1 Å². The largest absolute Gasteiger partial charge is 0.231 e. The predicted molar refractivity (Wildman–Crippen MR) is 51.6 cm³/mol. The van der Waals surface area contributed by atoms with Gasteiger partial charge < -0.3 is 0 Å². The van der Waals surface area contributed by atoms with Crippen LogP contribution < -0.4 is 0 Å². The maximum atomic E-state index is 13.1. The van der Waals surface area contributed by atoms with Crippen molar-refractivity contribution < 1.29 is 4.39 Å². The van der Waals surface area contributed by atoms with Gasteiger partial charge in [0.05, 0.1) is 0 Å². The third-order valence-electron chi connectivity index (χ3n) is 2.10. The summed E-state index contributed by atoms with van der Waals surface area (Å²) in [5.41, 5.74) is 1.01. The van der Waals surface area contributed by atoms with E-state index in [2.05, 4.69) is 15.9 Å². The topological polar surface area (TPSA) is 0 Å². The first-order chi connectivity index (χ1) is 5.59. The van der Waals surface area contributed by atoms with E-state index in [0.717, 1.165) is 5.56 Å². The van der Waals surface area contributed by atoms with Gasteiger partial charge in [0.2, 0.25) is 0 Å². The van der Waals surface area contributed by atoms with Gasteiger partial charge in [-0.25, -0.2) is 4.39 Å². The number of benzene rings is 1. The molecule has 0 saturated heterocycles. The Hall–Kier alpha value is -0.0800. The first-order valence-electron chi connectivity index (χ1n) is 3.73. The van der Waals surface area contributed by atoms with Gasteiger partial charge in [0.15, 0.2) is 4.58 Å². The minimum Gasteiger partial charge on any atom is -0.231 e. The second kappa shape index (κ2) is 2.71. The quantitative estimate of drug-likeness (QED) is 0.663. The molecule has 1 aromatic carbocycles. The molecule has 2 unspecified atom stereocenters. The van der Waals surface area contributed by atoms with Crippen LogP contribution in [0.4, 0.5) is 4.39 Å². The summed E-state index contributed by atoms with van der Waals surface area (Å²) >= 11 is 8.71. The van der Waals surface area contributed by atoms with Gasteiger partial charge in [-0.3, -0.25) is 0 Å². The maximum absolute atomic E-state index is 13.1. The van der Waals surface area contributed by atoms with Crippen LogP contribution in [0.5, 0.6) is 0 Å². The molecule has 0 spiro atoms. The third kappa shape index (κ3) is 1.50. The first kappa shape index (κ1) is 8.52. The van der Waals surface area contributed by atoms with Crippen LogP contribution in [-0.2, 0) is 0 Å². The van der Waals surface area contributed by atoms with E-state index >= 15 is 0 Å². The Bertz CT molecular complexity index is 294. The number of hydrogen-bond acceptors (Lipinski definition) is 0. The van der Waals surface area contributed by atoms with Crippen molar-refractivity contribution in [3.63, 3.8) is 0 Å². The summed E-state index contributed by atoms with van der Waals surface area (Å²) in [6.45, 7) is 0. The number of rotatable bonds is 1. The minimum atomic E-state index is -1.17. The van der Waals surface area contributed by atoms with Gasteiger partial charge in [-0.05, 0) is 33.6 Å². The Kier molecular flexibility index (Phi) is 1.92. The Morgan fingerprint density at radius 3 is 2.33 bits per heavy atom. The first-order valence-corrected chi connectivity index (χ1v) is 4.90. The fourth-order valence-corrected chi connectivity index (χ4v) is 1.98. The highest BCUT2D eigenvalue weighted by atomic mass is 79.9. The Morgan fingerprint density at radius 2 is 1.92 bits per heavy atom. The van der Waals surface area contributed by atoms with Crippen LogP contribution in [0.1, 0.15) is 17.9 Å². The van der Waals surface area contributed by atoms with Crippen molar-refractivity contribution in [1.82, 2.24) is 0 Å². The summed E-state index contributed by atoms with van der Waals surface area (Å²) in [6, 6.07) is 7.32. The molecule has 1 saturated carbocycles. The zero-order valence-corrected chi connectivity index (χ0v) is 8.57. The van der Waals surface area contributed by atoms with Crippen LogP contribution in [0.3, 0.4) is 0 Å². The summed E-state index contributed by atoms with van der Waals surface area (Å²) in [4.78, 5) is 0. The molecule has 0 bridgehead atoms. The maximum Gasteiger partial charge on any atom is 0.172 e.